The molecule has 1 aromatic carbocycles. The fourth-order valence-corrected chi connectivity index (χ4v) is 1.34. The molecular weight excluding hydrogens is 209 g/mol. The predicted octanol–water partition coefficient (Wildman–Crippen LogP) is 2.11. The Balaban J connectivity index is 2.97. The van der Waals surface area contributed by atoms with E-state index in [1.165, 1.54) is 12.1 Å². The Kier molecular flexibility index (Phi) is 4.01. The van der Waals surface area contributed by atoms with E-state index in [0.29, 0.717) is 11.1 Å². The number of carbonyl (C=O) groups is 1. The number of hydrogen-bond acceptors (Lipinski definition) is 3. The van der Waals surface area contributed by atoms with Gasteiger partial charge >= 0.3 is 5.97 Å². The van der Waals surface area contributed by atoms with Gasteiger partial charge in [-0.15, -0.1) is 0 Å². The third kappa shape index (κ3) is 2.80. The fraction of sp³-hybridized carbons (Fsp3) is 0.333. The second kappa shape index (κ2) is 5.26. The lowest BCUT2D eigenvalue weighted by Crippen LogP contribution is -2.09. The number of nitriles is 1. The molecule has 84 valence electrons. The third-order valence-corrected chi connectivity index (χ3v) is 2.15. The van der Waals surface area contributed by atoms with Crippen LogP contribution in [0.25, 0.3) is 0 Å². The zero-order valence-electron chi connectivity index (χ0n) is 9.21. The lowest BCUT2D eigenvalue weighted by Gasteiger charge is -2.05. The van der Waals surface area contributed by atoms with Gasteiger partial charge in [0.05, 0.1) is 24.7 Å². The van der Waals surface area contributed by atoms with Crippen LogP contribution in [0.4, 0.5) is 4.39 Å². The minimum Gasteiger partial charge on any atom is -0.466 e. The molecule has 0 bridgehead atoms. The van der Waals surface area contributed by atoms with Gasteiger partial charge in [-0.25, -0.2) is 4.39 Å². The summed E-state index contributed by atoms with van der Waals surface area (Å²) in [7, 11) is 0. The highest BCUT2D eigenvalue weighted by Crippen LogP contribution is 2.15. The number of carbonyl (C=O) groups excluding carboxylic acids is 1. The molecule has 0 aliphatic heterocycles. The Bertz CT molecular complexity index is 449. The molecule has 4 heteroatoms. The molecule has 0 aliphatic rings. The van der Waals surface area contributed by atoms with Gasteiger partial charge in [0, 0.05) is 5.56 Å². The van der Waals surface area contributed by atoms with Crippen molar-refractivity contribution in [3.05, 3.63) is 34.6 Å². The van der Waals surface area contributed by atoms with Crippen LogP contribution >= 0.6 is 0 Å². The van der Waals surface area contributed by atoms with Gasteiger partial charge < -0.3 is 4.74 Å². The first-order valence-corrected chi connectivity index (χ1v) is 4.93. The first kappa shape index (κ1) is 12.2. The molecule has 0 radical (unpaired) electrons. The van der Waals surface area contributed by atoms with Crippen molar-refractivity contribution in [2.45, 2.75) is 20.3 Å². The molecule has 0 saturated carbocycles. The Morgan fingerprint density at radius 1 is 1.56 bits per heavy atom. The van der Waals surface area contributed by atoms with Crippen molar-refractivity contribution >= 4 is 5.97 Å². The lowest BCUT2D eigenvalue weighted by molar-refractivity contribution is -0.142. The molecular formula is C12H12FNO2. The zero-order valence-corrected chi connectivity index (χ0v) is 9.21. The molecule has 0 amide bonds. The van der Waals surface area contributed by atoms with Gasteiger partial charge in [0.1, 0.15) is 5.82 Å². The molecule has 0 aliphatic carbocycles. The molecule has 0 saturated heterocycles. The average molecular weight is 221 g/mol. The Hall–Kier alpha value is -1.89. The molecule has 0 unspecified atom stereocenters. The van der Waals surface area contributed by atoms with Gasteiger partial charge in [-0.2, -0.15) is 5.26 Å². The summed E-state index contributed by atoms with van der Waals surface area (Å²) in [6.45, 7) is 3.59. The number of aryl methyl sites for hydroxylation is 1. The van der Waals surface area contributed by atoms with Crippen molar-refractivity contribution in [1.82, 2.24) is 0 Å². The second-order valence-electron chi connectivity index (χ2n) is 3.35. The minimum atomic E-state index is -0.492. The summed E-state index contributed by atoms with van der Waals surface area (Å²) >= 11 is 0. The standard InChI is InChI=1S/C12H12FNO2/c1-3-16-12(15)6-9-5-10(7-14)8(2)4-11(9)13/h4-5H,3,6H2,1-2H3. The van der Waals surface area contributed by atoms with Crippen LogP contribution in [-0.4, -0.2) is 12.6 Å². The largest absolute Gasteiger partial charge is 0.466 e. The van der Waals surface area contributed by atoms with E-state index in [2.05, 4.69) is 0 Å². The van der Waals surface area contributed by atoms with E-state index in [-0.39, 0.29) is 18.6 Å². The second-order valence-corrected chi connectivity index (χ2v) is 3.35. The molecule has 0 fully saturated rings. The van der Waals surface area contributed by atoms with E-state index in [9.17, 15) is 9.18 Å². The van der Waals surface area contributed by atoms with Crippen molar-refractivity contribution < 1.29 is 13.9 Å². The lowest BCUT2D eigenvalue weighted by atomic mass is 10.0. The van der Waals surface area contributed by atoms with Gasteiger partial charge in [-0.3, -0.25) is 4.79 Å². The van der Waals surface area contributed by atoms with Gasteiger partial charge in [-0.05, 0) is 31.5 Å². The predicted molar refractivity (Wildman–Crippen MR) is 56.2 cm³/mol. The maximum Gasteiger partial charge on any atom is 0.310 e. The smallest absolute Gasteiger partial charge is 0.310 e. The molecule has 3 nitrogen and oxygen atoms in total. The maximum atomic E-state index is 13.5. The number of hydrogen-bond donors (Lipinski definition) is 0. The number of ether oxygens (including phenoxy) is 1. The van der Waals surface area contributed by atoms with Gasteiger partial charge in [0.2, 0.25) is 0 Å². The van der Waals surface area contributed by atoms with Crippen LogP contribution in [0, 0.1) is 24.1 Å². The van der Waals surface area contributed by atoms with Crippen LogP contribution in [0.3, 0.4) is 0 Å². The van der Waals surface area contributed by atoms with Gasteiger partial charge in [0.15, 0.2) is 0 Å². The number of esters is 1. The van der Waals surface area contributed by atoms with Crippen LogP contribution in [0.15, 0.2) is 12.1 Å². The first-order valence-electron chi connectivity index (χ1n) is 4.93. The van der Waals surface area contributed by atoms with Crippen molar-refractivity contribution in [1.29, 1.82) is 5.26 Å². The molecule has 0 aromatic heterocycles. The van der Waals surface area contributed by atoms with Crippen LogP contribution in [0.1, 0.15) is 23.6 Å². The molecule has 1 aromatic rings. The van der Waals surface area contributed by atoms with Crippen LogP contribution < -0.4 is 0 Å². The van der Waals surface area contributed by atoms with Gasteiger partial charge in [0.25, 0.3) is 0 Å². The van der Waals surface area contributed by atoms with E-state index in [0.717, 1.165) is 0 Å². The highest BCUT2D eigenvalue weighted by molar-refractivity contribution is 5.72. The molecule has 1 rings (SSSR count). The Morgan fingerprint density at radius 2 is 2.25 bits per heavy atom. The van der Waals surface area contributed by atoms with E-state index in [4.69, 9.17) is 10.00 Å². The minimum absolute atomic E-state index is 0.144. The van der Waals surface area contributed by atoms with E-state index >= 15 is 0 Å². The summed E-state index contributed by atoms with van der Waals surface area (Å²) in [5.41, 5.74) is 1.13. The van der Waals surface area contributed by atoms with E-state index < -0.39 is 11.8 Å². The van der Waals surface area contributed by atoms with Gasteiger partial charge in [-0.1, -0.05) is 0 Å². The Labute approximate surface area is 93.5 Å². The third-order valence-electron chi connectivity index (χ3n) is 2.15. The van der Waals surface area contributed by atoms with Crippen molar-refractivity contribution in [3.63, 3.8) is 0 Å². The number of benzene rings is 1. The van der Waals surface area contributed by atoms with Crippen molar-refractivity contribution in [3.8, 4) is 6.07 Å². The summed E-state index contributed by atoms with van der Waals surface area (Å²) < 4.78 is 18.2. The first-order chi connectivity index (χ1) is 7.58. The Morgan fingerprint density at radius 3 is 2.81 bits per heavy atom. The van der Waals surface area contributed by atoms with Crippen LogP contribution in [0.5, 0.6) is 0 Å². The zero-order chi connectivity index (χ0) is 12.1. The van der Waals surface area contributed by atoms with Crippen molar-refractivity contribution in [2.75, 3.05) is 6.61 Å². The molecule has 0 N–H and O–H groups in total. The summed E-state index contributed by atoms with van der Waals surface area (Å²) in [6.07, 6.45) is -0.144. The van der Waals surface area contributed by atoms with Crippen LogP contribution in [0.2, 0.25) is 0 Å². The average Bonchev–Trinajstić information content (AvgIpc) is 2.22. The number of halogens is 1. The summed E-state index contributed by atoms with van der Waals surface area (Å²) in [4.78, 5) is 11.2. The topological polar surface area (TPSA) is 50.1 Å². The molecule has 0 spiro atoms. The van der Waals surface area contributed by atoms with Crippen LogP contribution in [-0.2, 0) is 16.0 Å². The number of rotatable bonds is 3. The normalized spacial score (nSPS) is 9.62. The maximum absolute atomic E-state index is 13.5. The highest BCUT2D eigenvalue weighted by atomic mass is 19.1. The summed E-state index contributed by atoms with van der Waals surface area (Å²) in [6, 6.07) is 4.60. The number of nitrogens with zero attached hydrogens (tertiary/aromatic N) is 1. The summed E-state index contributed by atoms with van der Waals surface area (Å²) in [5, 5.41) is 8.78. The fourth-order valence-electron chi connectivity index (χ4n) is 1.34. The molecule has 16 heavy (non-hydrogen) atoms. The summed E-state index contributed by atoms with van der Waals surface area (Å²) in [5.74, 6) is -0.973. The van der Waals surface area contributed by atoms with Crippen molar-refractivity contribution in [2.24, 2.45) is 0 Å². The quantitative estimate of drug-likeness (QED) is 0.734. The van der Waals surface area contributed by atoms with E-state index in [1.54, 1.807) is 13.8 Å². The highest BCUT2D eigenvalue weighted by Gasteiger charge is 2.11. The molecule has 0 heterocycles. The SMILES string of the molecule is CCOC(=O)Cc1cc(C#N)c(C)cc1F. The monoisotopic (exact) mass is 221 g/mol. The van der Waals surface area contributed by atoms with E-state index in [1.807, 2.05) is 6.07 Å². The molecule has 0 atom stereocenters.